The van der Waals surface area contributed by atoms with Crippen molar-refractivity contribution in [3.63, 3.8) is 0 Å². The molecule has 1 aromatic heterocycles. The molecule has 0 radical (unpaired) electrons. The number of methoxy groups -OCH3 is 1. The first-order valence-electron chi connectivity index (χ1n) is 5.74. The summed E-state index contributed by atoms with van der Waals surface area (Å²) < 4.78 is 7.50. The zero-order valence-corrected chi connectivity index (χ0v) is 12.3. The number of carbonyl (C=O) groups excluding carboxylic acids is 1. The van der Waals surface area contributed by atoms with E-state index in [1.165, 1.54) is 7.11 Å². The molecule has 18 heavy (non-hydrogen) atoms. The number of carbonyl (C=O) groups is 1. The minimum atomic E-state index is -0.491. The Kier molecular flexibility index (Phi) is 3.73. The number of rotatable bonds is 3. The Morgan fingerprint density at radius 3 is 2.56 bits per heavy atom. The zero-order chi connectivity index (χ0) is 13.3. The molecule has 1 heterocycles. The van der Waals surface area contributed by atoms with Gasteiger partial charge < -0.3 is 0 Å². The van der Waals surface area contributed by atoms with Crippen LogP contribution in [0.2, 0.25) is 0 Å². The number of hydrogen-bond donors (Lipinski definition) is 0. The second kappa shape index (κ2) is 5.12. The number of ether oxygens (including phenoxy) is 1. The number of hydrogen-bond acceptors (Lipinski definition) is 3. The first kappa shape index (κ1) is 13.1. The van der Waals surface area contributed by atoms with Crippen LogP contribution in [0.5, 0.6) is 0 Å². The number of nitrogens with zero attached hydrogens (tertiary/aromatic N) is 1. The molecule has 2 rings (SSSR count). The van der Waals surface area contributed by atoms with Gasteiger partial charge in [0.25, 0.3) is 0 Å². The monoisotopic (exact) mass is 313 g/mol. The molecule has 0 aliphatic carbocycles. The van der Waals surface area contributed by atoms with Crippen molar-refractivity contribution in [1.29, 1.82) is 0 Å². The Morgan fingerprint density at radius 2 is 2.00 bits per heavy atom. The fraction of sp³-hybridized carbons (Fsp3) is 0.385. The molecule has 0 aliphatic heterocycles. The molecule has 4 nitrogen and oxygen atoms in total. The van der Waals surface area contributed by atoms with Crippen molar-refractivity contribution in [3.05, 3.63) is 34.6 Å². The molecule has 0 aliphatic rings. The summed E-state index contributed by atoms with van der Waals surface area (Å²) in [7, 11) is 1.36. The van der Waals surface area contributed by atoms with E-state index in [-0.39, 0.29) is 32.2 Å². The summed E-state index contributed by atoms with van der Waals surface area (Å²) in [5, 5.41) is 0.715. The van der Waals surface area contributed by atoms with Gasteiger partial charge in [-0.15, -0.1) is 0 Å². The number of benzene rings is 1. The van der Waals surface area contributed by atoms with Crippen LogP contribution in [0.1, 0.15) is 19.9 Å². The van der Waals surface area contributed by atoms with Crippen LogP contribution in [0.3, 0.4) is 0 Å². The third kappa shape index (κ3) is 2.16. The second-order valence-electron chi connectivity index (χ2n) is 4.43. The molecule has 96 valence electrons. The Morgan fingerprint density at radius 1 is 1.33 bits per heavy atom. The van der Waals surface area contributed by atoms with Gasteiger partial charge in [0.15, 0.2) is 0 Å². The van der Waals surface area contributed by atoms with Crippen molar-refractivity contribution >= 4 is 30.3 Å². The second-order valence-corrected chi connectivity index (χ2v) is 6.56. The molecule has 0 fully saturated rings. The summed E-state index contributed by atoms with van der Waals surface area (Å²) in [5.41, 5.74) is -0.0605. The molecule has 0 spiro atoms. The van der Waals surface area contributed by atoms with Crippen LogP contribution in [0.25, 0.3) is 9.65 Å². The molecule has 0 saturated carbocycles. The van der Waals surface area contributed by atoms with Gasteiger partial charge in [-0.05, 0) is 0 Å². The predicted octanol–water partition coefficient (Wildman–Crippen LogP) is 1.43. The van der Waals surface area contributed by atoms with E-state index in [9.17, 15) is 9.59 Å². The molecular weight excluding hydrogens is 297 g/mol. The summed E-state index contributed by atoms with van der Waals surface area (Å²) in [5.74, 6) is -0.300. The van der Waals surface area contributed by atoms with Gasteiger partial charge in [-0.25, -0.2) is 0 Å². The zero-order valence-electron chi connectivity index (χ0n) is 10.5. The van der Waals surface area contributed by atoms with Gasteiger partial charge in [0.1, 0.15) is 0 Å². The van der Waals surface area contributed by atoms with Crippen molar-refractivity contribution in [2.45, 2.75) is 19.9 Å². The van der Waals surface area contributed by atoms with E-state index in [0.29, 0.717) is 5.39 Å². The van der Waals surface area contributed by atoms with Crippen molar-refractivity contribution in [3.8, 4) is 0 Å². The average Bonchev–Trinajstić information content (AvgIpc) is 2.67. The van der Waals surface area contributed by atoms with E-state index >= 15 is 0 Å². The minimum absolute atomic E-state index is 0.0394. The van der Waals surface area contributed by atoms with Gasteiger partial charge in [-0.1, -0.05) is 0 Å². The SMILES string of the molecule is COC(=O)C(C(C)C)n1[se]c2ccccc2c1=O. The van der Waals surface area contributed by atoms with Crippen molar-refractivity contribution in [2.75, 3.05) is 7.11 Å². The summed E-state index contributed by atoms with van der Waals surface area (Å²) in [6.45, 7) is 3.85. The fourth-order valence-corrected chi connectivity index (χ4v) is 4.51. The Labute approximate surface area is 111 Å². The first-order chi connectivity index (χ1) is 8.56. The van der Waals surface area contributed by atoms with Crippen molar-refractivity contribution in [2.24, 2.45) is 5.92 Å². The van der Waals surface area contributed by atoms with E-state index in [1.54, 1.807) is 3.56 Å². The summed E-state index contributed by atoms with van der Waals surface area (Å²) >= 11 is -0.142. The number of fused-ring (bicyclic) bond motifs is 1. The molecule has 2 aromatic rings. The topological polar surface area (TPSA) is 48.3 Å². The van der Waals surface area contributed by atoms with Crippen LogP contribution in [0.4, 0.5) is 0 Å². The Bertz CT molecular complexity index is 626. The molecule has 1 aromatic carbocycles. The van der Waals surface area contributed by atoms with Gasteiger partial charge in [0.05, 0.1) is 0 Å². The van der Waals surface area contributed by atoms with Gasteiger partial charge in [-0.2, -0.15) is 0 Å². The molecule has 0 bridgehead atoms. The summed E-state index contributed by atoms with van der Waals surface area (Å²) in [6, 6.07) is 7.03. The van der Waals surface area contributed by atoms with Crippen LogP contribution in [-0.4, -0.2) is 31.4 Å². The molecule has 0 N–H and O–H groups in total. The average molecular weight is 312 g/mol. The van der Waals surface area contributed by atoms with Gasteiger partial charge >= 0.3 is 111 Å². The summed E-state index contributed by atoms with van der Waals surface area (Å²) in [6.07, 6.45) is 0. The third-order valence-electron chi connectivity index (χ3n) is 2.84. The Balaban J connectivity index is 2.61. The van der Waals surface area contributed by atoms with E-state index in [0.717, 1.165) is 4.26 Å². The number of esters is 1. The quantitative estimate of drug-likeness (QED) is 0.636. The van der Waals surface area contributed by atoms with Crippen molar-refractivity contribution < 1.29 is 9.53 Å². The molecule has 1 unspecified atom stereocenters. The van der Waals surface area contributed by atoms with E-state index in [1.807, 2.05) is 38.1 Å². The molecule has 0 amide bonds. The standard InChI is InChI=1S/C13H15NO3Se/c1-8(2)11(13(16)17-3)14-12(15)9-6-4-5-7-10(9)18-14/h4-8,11H,1-3H3. The molecule has 5 heteroatoms. The van der Waals surface area contributed by atoms with Crippen LogP contribution in [0, 0.1) is 5.92 Å². The normalized spacial score (nSPS) is 12.9. The van der Waals surface area contributed by atoms with E-state index in [4.69, 9.17) is 4.74 Å². The van der Waals surface area contributed by atoms with Crippen LogP contribution in [0.15, 0.2) is 29.1 Å². The molecule has 0 saturated heterocycles. The maximum absolute atomic E-state index is 12.3. The van der Waals surface area contributed by atoms with E-state index in [2.05, 4.69) is 0 Å². The summed E-state index contributed by atoms with van der Waals surface area (Å²) in [4.78, 5) is 24.1. The van der Waals surface area contributed by atoms with Crippen LogP contribution < -0.4 is 5.56 Å². The molecular formula is C13H15NO3Se. The maximum atomic E-state index is 12.3. The number of aromatic nitrogens is 1. The van der Waals surface area contributed by atoms with Crippen LogP contribution in [-0.2, 0) is 9.53 Å². The Hall–Kier alpha value is -1.32. The van der Waals surface area contributed by atoms with Crippen LogP contribution >= 0.6 is 0 Å². The van der Waals surface area contributed by atoms with Crippen molar-refractivity contribution in [1.82, 2.24) is 3.56 Å². The van der Waals surface area contributed by atoms with Gasteiger partial charge in [0, 0.05) is 0 Å². The fourth-order valence-electron chi connectivity index (χ4n) is 1.93. The molecule has 1 atom stereocenters. The van der Waals surface area contributed by atoms with E-state index < -0.39 is 6.04 Å². The first-order valence-corrected chi connectivity index (χ1v) is 7.37. The third-order valence-corrected chi connectivity index (χ3v) is 5.24. The van der Waals surface area contributed by atoms with Gasteiger partial charge in [-0.3, -0.25) is 0 Å². The predicted molar refractivity (Wildman–Crippen MR) is 71.0 cm³/mol. The van der Waals surface area contributed by atoms with Gasteiger partial charge in [0.2, 0.25) is 0 Å².